The van der Waals surface area contributed by atoms with Gasteiger partial charge >= 0.3 is 12.2 Å². The fraction of sp³-hybridized carbons (Fsp3) is 1.00. The zero-order valence-corrected chi connectivity index (χ0v) is 7.08. The van der Waals surface area contributed by atoms with Crippen molar-refractivity contribution in [2.24, 2.45) is 0 Å². The molecule has 0 atom stereocenters. The van der Waals surface area contributed by atoms with Gasteiger partial charge in [0.1, 0.15) is 0 Å². The van der Waals surface area contributed by atoms with Gasteiger partial charge in [-0.15, -0.1) is 0 Å². The lowest BCUT2D eigenvalue weighted by atomic mass is 10.2. The summed E-state index contributed by atoms with van der Waals surface area (Å²) in [5.41, 5.74) is 0. The topological polar surface area (TPSA) is 18.5 Å². The van der Waals surface area contributed by atoms with E-state index in [1.165, 1.54) is 0 Å². The molecular formula is C6H6F6O2. The Labute approximate surface area is 74.8 Å². The molecule has 1 aliphatic rings. The van der Waals surface area contributed by atoms with Gasteiger partial charge in [-0.2, -0.15) is 17.6 Å². The van der Waals surface area contributed by atoms with E-state index in [9.17, 15) is 26.3 Å². The van der Waals surface area contributed by atoms with Gasteiger partial charge in [0.05, 0.1) is 0 Å². The van der Waals surface area contributed by atoms with Crippen molar-refractivity contribution in [3.8, 4) is 0 Å². The second kappa shape index (κ2) is 2.54. The molecule has 1 rings (SSSR count). The van der Waals surface area contributed by atoms with E-state index in [0.717, 1.165) is 0 Å². The molecule has 0 spiro atoms. The molecule has 0 N–H and O–H groups in total. The van der Waals surface area contributed by atoms with Crippen LogP contribution in [0.5, 0.6) is 0 Å². The average Bonchev–Trinajstić information content (AvgIpc) is 1.95. The molecule has 1 heterocycles. The van der Waals surface area contributed by atoms with Crippen LogP contribution < -0.4 is 0 Å². The minimum atomic E-state index is -5.05. The van der Waals surface area contributed by atoms with Gasteiger partial charge < -0.3 is 0 Å². The maximum Gasteiger partial charge on any atom is 0.451 e. The first-order valence-corrected chi connectivity index (χ1v) is 3.45. The average molecular weight is 224 g/mol. The van der Waals surface area contributed by atoms with Crippen molar-refractivity contribution >= 4 is 0 Å². The molecule has 1 fully saturated rings. The summed E-state index contributed by atoms with van der Waals surface area (Å²) in [5.74, 6) is -7.31. The summed E-state index contributed by atoms with van der Waals surface area (Å²) in [6, 6.07) is 0. The molecule has 0 saturated carbocycles. The SMILES string of the molecule is CC(F)(F)C1(C)OC(F)(F)C(F)(F)O1. The molecule has 0 aromatic heterocycles. The summed E-state index contributed by atoms with van der Waals surface area (Å²) in [6.45, 7) is 0.465. The third-order valence-corrected chi connectivity index (χ3v) is 1.78. The van der Waals surface area contributed by atoms with Crippen LogP contribution in [0.25, 0.3) is 0 Å². The predicted octanol–water partition coefficient (Wildman–Crippen LogP) is 2.59. The van der Waals surface area contributed by atoms with Gasteiger partial charge in [0.25, 0.3) is 5.92 Å². The first-order valence-electron chi connectivity index (χ1n) is 3.45. The number of ether oxygens (including phenoxy) is 2. The standard InChI is InChI=1S/C6H6F6O2/c1-3(7,8)4(2)13-5(9,10)6(11,12)14-4/h1-2H3. The van der Waals surface area contributed by atoms with E-state index in [1.807, 2.05) is 0 Å². The second-order valence-corrected chi connectivity index (χ2v) is 3.07. The van der Waals surface area contributed by atoms with Crippen molar-refractivity contribution in [3.63, 3.8) is 0 Å². The van der Waals surface area contributed by atoms with E-state index in [4.69, 9.17) is 0 Å². The highest BCUT2D eigenvalue weighted by molar-refractivity contribution is 4.89. The van der Waals surface area contributed by atoms with Crippen LogP contribution in [0.2, 0.25) is 0 Å². The Morgan fingerprint density at radius 3 is 1.36 bits per heavy atom. The van der Waals surface area contributed by atoms with Crippen LogP contribution in [0, 0.1) is 0 Å². The first-order chi connectivity index (χ1) is 5.91. The summed E-state index contributed by atoms with van der Waals surface area (Å²) in [7, 11) is 0. The molecule has 1 saturated heterocycles. The zero-order chi connectivity index (χ0) is 11.4. The zero-order valence-electron chi connectivity index (χ0n) is 7.08. The molecule has 2 nitrogen and oxygen atoms in total. The number of alkyl halides is 6. The molecule has 0 unspecified atom stereocenters. The minimum absolute atomic E-state index is 0.143. The van der Waals surface area contributed by atoms with Gasteiger partial charge in [-0.05, 0) is 6.92 Å². The molecule has 0 aromatic rings. The van der Waals surface area contributed by atoms with E-state index in [-0.39, 0.29) is 6.92 Å². The lowest BCUT2D eigenvalue weighted by molar-refractivity contribution is -0.344. The normalized spacial score (nSPS) is 29.1. The third-order valence-electron chi connectivity index (χ3n) is 1.78. The summed E-state index contributed by atoms with van der Waals surface area (Å²) in [4.78, 5) is 0. The van der Waals surface area contributed by atoms with Crippen molar-refractivity contribution < 1.29 is 35.8 Å². The highest BCUT2D eigenvalue weighted by atomic mass is 19.3. The van der Waals surface area contributed by atoms with Crippen LogP contribution in [0.3, 0.4) is 0 Å². The van der Waals surface area contributed by atoms with E-state index < -0.39 is 23.9 Å². The van der Waals surface area contributed by atoms with Crippen LogP contribution in [0.15, 0.2) is 0 Å². The molecular weight excluding hydrogens is 218 g/mol. The highest BCUT2D eigenvalue weighted by Gasteiger charge is 2.76. The Balaban J connectivity index is 3.03. The maximum atomic E-state index is 12.6. The van der Waals surface area contributed by atoms with Gasteiger partial charge in [-0.3, -0.25) is 9.47 Å². The van der Waals surface area contributed by atoms with Gasteiger partial charge in [-0.25, -0.2) is 8.78 Å². The lowest BCUT2D eigenvalue weighted by Crippen LogP contribution is -2.45. The van der Waals surface area contributed by atoms with Gasteiger partial charge in [-0.1, -0.05) is 0 Å². The predicted molar refractivity (Wildman–Crippen MR) is 31.1 cm³/mol. The second-order valence-electron chi connectivity index (χ2n) is 3.07. The number of hydrogen-bond acceptors (Lipinski definition) is 2. The van der Waals surface area contributed by atoms with Crippen molar-refractivity contribution in [1.29, 1.82) is 0 Å². The molecule has 0 radical (unpaired) electrons. The Morgan fingerprint density at radius 2 is 1.21 bits per heavy atom. The molecule has 84 valence electrons. The van der Waals surface area contributed by atoms with E-state index in [2.05, 4.69) is 9.47 Å². The Morgan fingerprint density at radius 1 is 0.929 bits per heavy atom. The number of rotatable bonds is 1. The number of halogens is 6. The molecule has 14 heavy (non-hydrogen) atoms. The first kappa shape index (κ1) is 11.6. The van der Waals surface area contributed by atoms with Gasteiger partial charge in [0.2, 0.25) is 5.79 Å². The molecule has 0 aromatic carbocycles. The summed E-state index contributed by atoms with van der Waals surface area (Å²) in [5, 5.41) is 0. The minimum Gasteiger partial charge on any atom is -0.274 e. The van der Waals surface area contributed by atoms with Crippen molar-refractivity contribution in [2.45, 2.75) is 37.8 Å². The Kier molecular flexibility index (Phi) is 2.10. The molecule has 0 aliphatic carbocycles. The van der Waals surface area contributed by atoms with E-state index >= 15 is 0 Å². The largest absolute Gasteiger partial charge is 0.451 e. The quantitative estimate of drug-likeness (QED) is 0.637. The monoisotopic (exact) mass is 224 g/mol. The number of hydrogen-bond donors (Lipinski definition) is 0. The maximum absolute atomic E-state index is 12.6. The van der Waals surface area contributed by atoms with E-state index in [0.29, 0.717) is 6.92 Å². The fourth-order valence-corrected chi connectivity index (χ4v) is 0.808. The molecule has 1 aliphatic heterocycles. The summed E-state index contributed by atoms with van der Waals surface area (Å²) < 4.78 is 81.0. The van der Waals surface area contributed by atoms with Crippen LogP contribution in [-0.4, -0.2) is 23.9 Å². The smallest absolute Gasteiger partial charge is 0.274 e. The third kappa shape index (κ3) is 1.46. The van der Waals surface area contributed by atoms with Gasteiger partial charge in [0, 0.05) is 6.92 Å². The fourth-order valence-electron chi connectivity index (χ4n) is 0.808. The highest BCUT2D eigenvalue weighted by Crippen LogP contribution is 2.53. The summed E-state index contributed by atoms with van der Waals surface area (Å²) >= 11 is 0. The van der Waals surface area contributed by atoms with Crippen molar-refractivity contribution in [3.05, 3.63) is 0 Å². The van der Waals surface area contributed by atoms with Crippen molar-refractivity contribution in [2.75, 3.05) is 0 Å². The Bertz CT molecular complexity index is 229. The molecule has 0 amide bonds. The van der Waals surface area contributed by atoms with Crippen LogP contribution in [-0.2, 0) is 9.47 Å². The summed E-state index contributed by atoms with van der Waals surface area (Å²) in [6.07, 6.45) is -10.1. The van der Waals surface area contributed by atoms with E-state index in [1.54, 1.807) is 0 Å². The molecule has 0 bridgehead atoms. The molecule has 8 heteroatoms. The van der Waals surface area contributed by atoms with Crippen LogP contribution in [0.1, 0.15) is 13.8 Å². The van der Waals surface area contributed by atoms with Crippen molar-refractivity contribution in [1.82, 2.24) is 0 Å². The van der Waals surface area contributed by atoms with Crippen LogP contribution >= 0.6 is 0 Å². The van der Waals surface area contributed by atoms with Gasteiger partial charge in [0.15, 0.2) is 0 Å². The lowest BCUT2D eigenvalue weighted by Gasteiger charge is -2.27. The Hall–Kier alpha value is -0.500. The van der Waals surface area contributed by atoms with Crippen LogP contribution in [0.4, 0.5) is 26.3 Å².